The normalized spacial score (nSPS) is 16.3. The van der Waals surface area contributed by atoms with Crippen LogP contribution in [-0.2, 0) is 15.6 Å². The number of thiazole rings is 1. The molecular formula is C31H43NO6SSi. The molecule has 2 aromatic carbocycles. The molecular weight excluding hydrogens is 542 g/mol. The van der Waals surface area contributed by atoms with Gasteiger partial charge < -0.3 is 23.7 Å². The average molecular weight is 586 g/mol. The molecule has 1 aliphatic rings. The van der Waals surface area contributed by atoms with Crippen molar-refractivity contribution >= 4 is 35.8 Å². The fourth-order valence-corrected chi connectivity index (χ4v) is 7.36. The summed E-state index contributed by atoms with van der Waals surface area (Å²) >= 11 is 1.52. The maximum absolute atomic E-state index is 11.9. The summed E-state index contributed by atoms with van der Waals surface area (Å²) < 4.78 is 26.5. The zero-order valence-corrected chi connectivity index (χ0v) is 26.8. The van der Waals surface area contributed by atoms with Gasteiger partial charge in [-0.1, -0.05) is 39.7 Å². The summed E-state index contributed by atoms with van der Waals surface area (Å²) in [6.07, 6.45) is 4.28. The van der Waals surface area contributed by atoms with Crippen molar-refractivity contribution in [2.45, 2.75) is 96.2 Å². The van der Waals surface area contributed by atoms with Gasteiger partial charge in [0, 0.05) is 12.0 Å². The number of aromatic carboxylic acids is 1. The van der Waals surface area contributed by atoms with E-state index in [1.54, 1.807) is 26.4 Å². The van der Waals surface area contributed by atoms with E-state index in [4.69, 9.17) is 23.6 Å². The van der Waals surface area contributed by atoms with Gasteiger partial charge in [-0.25, -0.2) is 9.78 Å². The van der Waals surface area contributed by atoms with Crippen LogP contribution < -0.4 is 9.47 Å². The summed E-state index contributed by atoms with van der Waals surface area (Å²) in [5.41, 5.74) is 2.62. The Hall–Kier alpha value is -2.46. The third-order valence-electron chi connectivity index (χ3n) is 8.41. The van der Waals surface area contributed by atoms with Crippen molar-refractivity contribution in [3.63, 3.8) is 0 Å². The maximum atomic E-state index is 11.9. The van der Waals surface area contributed by atoms with E-state index in [-0.39, 0.29) is 22.8 Å². The summed E-state index contributed by atoms with van der Waals surface area (Å²) in [7, 11) is 1.07. The van der Waals surface area contributed by atoms with Gasteiger partial charge in [0.2, 0.25) is 0 Å². The average Bonchev–Trinajstić information content (AvgIpc) is 3.55. The van der Waals surface area contributed by atoms with Crippen LogP contribution in [0.1, 0.15) is 79.1 Å². The molecule has 0 spiro atoms. The molecule has 0 bridgehead atoms. The van der Waals surface area contributed by atoms with Gasteiger partial charge >= 0.3 is 5.97 Å². The molecule has 2 atom stereocenters. The van der Waals surface area contributed by atoms with Gasteiger partial charge in [0.1, 0.15) is 11.5 Å². The number of carboxylic acid groups (broad SMARTS) is 1. The minimum atomic E-state index is -2.27. The summed E-state index contributed by atoms with van der Waals surface area (Å²) in [6, 6.07) is 9.39. The number of methoxy groups -OCH3 is 2. The van der Waals surface area contributed by atoms with Crippen molar-refractivity contribution in [3.05, 3.63) is 52.0 Å². The zero-order chi connectivity index (χ0) is 29.2. The number of hydrogen-bond donors (Lipinski definition) is 1. The van der Waals surface area contributed by atoms with E-state index in [1.807, 2.05) is 25.1 Å². The second-order valence-electron chi connectivity index (χ2n) is 12.2. The molecule has 0 amide bonds. The Morgan fingerprint density at radius 3 is 2.30 bits per heavy atom. The van der Waals surface area contributed by atoms with E-state index in [0.717, 1.165) is 58.0 Å². The quantitative estimate of drug-likeness (QED) is 0.228. The molecule has 0 saturated heterocycles. The van der Waals surface area contributed by atoms with Gasteiger partial charge in [0.15, 0.2) is 8.32 Å². The predicted octanol–water partition coefficient (Wildman–Crippen LogP) is 7.95. The van der Waals surface area contributed by atoms with Gasteiger partial charge in [-0.05, 0) is 67.7 Å². The summed E-state index contributed by atoms with van der Waals surface area (Å²) in [5, 5.41) is 10.5. The maximum Gasteiger partial charge on any atom is 0.337 e. The van der Waals surface area contributed by atoms with Crippen molar-refractivity contribution < 1.29 is 28.5 Å². The molecule has 1 N–H and O–H groups in total. The largest absolute Gasteiger partial charge is 0.496 e. The summed E-state index contributed by atoms with van der Waals surface area (Å²) in [5.74, 6) is 0.506. The van der Waals surface area contributed by atoms with E-state index < -0.39 is 20.4 Å². The van der Waals surface area contributed by atoms with E-state index in [9.17, 15) is 9.90 Å². The van der Waals surface area contributed by atoms with E-state index in [0.29, 0.717) is 11.9 Å². The van der Waals surface area contributed by atoms with Crippen LogP contribution in [-0.4, -0.2) is 50.8 Å². The number of ether oxygens (including phenoxy) is 3. The number of carboxylic acids is 1. The van der Waals surface area contributed by atoms with Crippen LogP contribution in [0.3, 0.4) is 0 Å². The number of rotatable bonds is 11. The van der Waals surface area contributed by atoms with Gasteiger partial charge in [0.05, 0.1) is 53.3 Å². The number of para-hydroxylation sites is 1. The Labute approximate surface area is 243 Å². The third kappa shape index (κ3) is 6.54. The Balaban J connectivity index is 1.83. The lowest BCUT2D eigenvalue weighted by Crippen LogP contribution is -2.45. The standard InChI is InChI=1S/C31H43NO6SSi/c1-19-23(35-5)16-20(17-24(19)36-6)29(38-40(7,8)31(2,3)4)25(37-21-12-9-10-13-21)18-27-32-28-22(30(33)34)14-11-15-26(28)39-27/h11,14-17,21,25,29H,9-10,12-13,18H2,1-8H3,(H,33,34)/t25-,29+/m0/s1. The zero-order valence-electron chi connectivity index (χ0n) is 25.0. The van der Waals surface area contributed by atoms with Crippen LogP contribution in [0.2, 0.25) is 18.1 Å². The van der Waals surface area contributed by atoms with Crippen molar-refractivity contribution in [1.29, 1.82) is 0 Å². The molecule has 0 radical (unpaired) electrons. The Bertz CT molecular complexity index is 1320. The number of hydrogen-bond acceptors (Lipinski definition) is 7. The molecule has 0 aliphatic heterocycles. The number of carbonyl (C=O) groups is 1. The molecule has 40 heavy (non-hydrogen) atoms. The lowest BCUT2D eigenvalue weighted by atomic mass is 9.99. The molecule has 1 heterocycles. The van der Waals surface area contributed by atoms with Crippen LogP contribution in [0.5, 0.6) is 11.5 Å². The molecule has 9 heteroatoms. The lowest BCUT2D eigenvalue weighted by molar-refractivity contribution is -0.0704. The van der Waals surface area contributed by atoms with Crippen LogP contribution in [0, 0.1) is 6.92 Å². The van der Waals surface area contributed by atoms with Gasteiger partial charge in [0.25, 0.3) is 0 Å². The topological polar surface area (TPSA) is 87.1 Å². The van der Waals surface area contributed by atoms with Crippen LogP contribution >= 0.6 is 11.3 Å². The Morgan fingerprint density at radius 1 is 1.12 bits per heavy atom. The lowest BCUT2D eigenvalue weighted by Gasteiger charge is -2.42. The molecule has 4 rings (SSSR count). The highest BCUT2D eigenvalue weighted by Gasteiger charge is 2.42. The van der Waals surface area contributed by atoms with Gasteiger partial charge in [-0.15, -0.1) is 11.3 Å². The summed E-state index contributed by atoms with van der Waals surface area (Å²) in [4.78, 5) is 16.7. The number of fused-ring (bicyclic) bond motifs is 1. The van der Waals surface area contributed by atoms with Crippen molar-refractivity contribution in [3.8, 4) is 11.5 Å². The third-order valence-corrected chi connectivity index (χ3v) is 13.9. The first-order valence-corrected chi connectivity index (χ1v) is 17.7. The van der Waals surface area contributed by atoms with Crippen molar-refractivity contribution in [2.24, 2.45) is 0 Å². The van der Waals surface area contributed by atoms with Gasteiger partial charge in [-0.3, -0.25) is 0 Å². The Kier molecular flexibility index (Phi) is 9.29. The Morgan fingerprint density at radius 2 is 1.75 bits per heavy atom. The van der Waals surface area contributed by atoms with E-state index in [1.165, 1.54) is 11.3 Å². The molecule has 1 aliphatic carbocycles. The van der Waals surface area contributed by atoms with E-state index in [2.05, 4.69) is 33.9 Å². The molecule has 3 aromatic rings. The molecule has 7 nitrogen and oxygen atoms in total. The van der Waals surface area contributed by atoms with Gasteiger partial charge in [-0.2, -0.15) is 0 Å². The van der Waals surface area contributed by atoms with Crippen LogP contribution in [0.4, 0.5) is 0 Å². The predicted molar refractivity (Wildman–Crippen MR) is 163 cm³/mol. The number of aromatic nitrogens is 1. The minimum absolute atomic E-state index is 0.0196. The van der Waals surface area contributed by atoms with Crippen molar-refractivity contribution in [2.75, 3.05) is 14.2 Å². The SMILES string of the molecule is COc1cc([C@@H](O[Si](C)(C)C(C)(C)C)[C@H](Cc2nc3c(C(=O)O)cccc3s2)OC2CCCC2)cc(OC)c1C. The summed E-state index contributed by atoms with van der Waals surface area (Å²) in [6.45, 7) is 13.2. The second-order valence-corrected chi connectivity index (χ2v) is 18.1. The molecule has 0 unspecified atom stereocenters. The number of benzene rings is 2. The minimum Gasteiger partial charge on any atom is -0.496 e. The highest BCUT2D eigenvalue weighted by atomic mass is 32.1. The molecule has 218 valence electrons. The van der Waals surface area contributed by atoms with Crippen LogP contribution in [0.25, 0.3) is 10.2 Å². The number of nitrogens with zero attached hydrogens (tertiary/aromatic N) is 1. The van der Waals surface area contributed by atoms with Crippen LogP contribution in [0.15, 0.2) is 30.3 Å². The first kappa shape index (κ1) is 30.5. The smallest absolute Gasteiger partial charge is 0.337 e. The molecule has 1 aromatic heterocycles. The highest BCUT2D eigenvalue weighted by molar-refractivity contribution is 7.18. The van der Waals surface area contributed by atoms with Crippen molar-refractivity contribution in [1.82, 2.24) is 4.98 Å². The molecule has 1 fully saturated rings. The second kappa shape index (κ2) is 12.2. The molecule has 1 saturated carbocycles. The first-order valence-electron chi connectivity index (χ1n) is 14.0. The van der Waals surface area contributed by atoms with E-state index >= 15 is 0 Å². The fourth-order valence-electron chi connectivity index (χ4n) is 5.05. The fraction of sp³-hybridized carbons (Fsp3) is 0.548. The first-order chi connectivity index (χ1) is 18.8. The monoisotopic (exact) mass is 585 g/mol. The highest BCUT2D eigenvalue weighted by Crippen LogP contribution is 2.44.